The fraction of sp³-hybridized carbons (Fsp3) is 0.706. The molecular formula is C17H24N2O3S. The predicted octanol–water partition coefficient (Wildman–Crippen LogP) is 1.76. The fourth-order valence-corrected chi connectivity index (χ4v) is 4.75. The molecule has 1 spiro atoms. The average Bonchev–Trinajstić information content (AvgIpc) is 3.13. The van der Waals surface area contributed by atoms with Crippen LogP contribution in [-0.2, 0) is 9.47 Å². The molecule has 5 nitrogen and oxygen atoms in total. The molecule has 126 valence electrons. The van der Waals surface area contributed by atoms with Crippen molar-refractivity contribution in [3.63, 3.8) is 0 Å². The minimum atomic E-state index is -0.0716. The van der Waals surface area contributed by atoms with Gasteiger partial charge in [0, 0.05) is 19.6 Å². The normalized spacial score (nSPS) is 27.3. The van der Waals surface area contributed by atoms with Gasteiger partial charge in [-0.2, -0.15) is 0 Å². The Balaban J connectivity index is 1.29. The quantitative estimate of drug-likeness (QED) is 0.844. The molecule has 0 aromatic carbocycles. The van der Waals surface area contributed by atoms with Gasteiger partial charge in [0.25, 0.3) is 5.91 Å². The van der Waals surface area contributed by atoms with Crippen molar-refractivity contribution in [3.05, 3.63) is 21.9 Å². The van der Waals surface area contributed by atoms with Gasteiger partial charge < -0.3 is 14.4 Å². The number of carbonyl (C=O) groups excluding carboxylic acids is 1. The second-order valence-corrected chi connectivity index (χ2v) is 7.88. The highest BCUT2D eigenvalue weighted by Crippen LogP contribution is 2.39. The van der Waals surface area contributed by atoms with E-state index in [1.807, 2.05) is 23.3 Å². The first-order valence-corrected chi connectivity index (χ1v) is 9.34. The molecule has 23 heavy (non-hydrogen) atoms. The van der Waals surface area contributed by atoms with Crippen molar-refractivity contribution in [3.8, 4) is 0 Å². The molecule has 1 unspecified atom stereocenters. The third kappa shape index (κ3) is 3.05. The molecule has 1 amide bonds. The lowest BCUT2D eigenvalue weighted by Crippen LogP contribution is -2.63. The summed E-state index contributed by atoms with van der Waals surface area (Å²) < 4.78 is 11.7. The maximum absolute atomic E-state index is 12.5. The lowest BCUT2D eigenvalue weighted by atomic mass is 9.90. The molecule has 0 bridgehead atoms. The Morgan fingerprint density at radius 2 is 2.17 bits per heavy atom. The third-order valence-corrected chi connectivity index (χ3v) is 6.21. The Kier molecular flexibility index (Phi) is 4.17. The number of hydrogen-bond acceptors (Lipinski definition) is 5. The topological polar surface area (TPSA) is 42.0 Å². The van der Waals surface area contributed by atoms with E-state index in [4.69, 9.17) is 9.47 Å². The van der Waals surface area contributed by atoms with Gasteiger partial charge in [-0.1, -0.05) is 0 Å². The first-order chi connectivity index (χ1) is 11.2. The molecule has 1 aromatic heterocycles. The highest BCUT2D eigenvalue weighted by Gasteiger charge is 2.51. The van der Waals surface area contributed by atoms with Gasteiger partial charge in [-0.05, 0) is 36.8 Å². The van der Waals surface area contributed by atoms with Crippen LogP contribution in [-0.4, -0.2) is 73.3 Å². The summed E-state index contributed by atoms with van der Waals surface area (Å²) in [5.74, 6) is 0.170. The highest BCUT2D eigenvalue weighted by molar-refractivity contribution is 7.12. The molecule has 0 aliphatic carbocycles. The number of thiophene rings is 1. The van der Waals surface area contributed by atoms with E-state index >= 15 is 0 Å². The predicted molar refractivity (Wildman–Crippen MR) is 89.1 cm³/mol. The van der Waals surface area contributed by atoms with Crippen LogP contribution in [0.25, 0.3) is 0 Å². The zero-order chi connectivity index (χ0) is 15.9. The maximum Gasteiger partial charge on any atom is 0.264 e. The Morgan fingerprint density at radius 1 is 1.39 bits per heavy atom. The van der Waals surface area contributed by atoms with E-state index in [0.29, 0.717) is 6.10 Å². The van der Waals surface area contributed by atoms with Gasteiger partial charge in [0.1, 0.15) is 5.60 Å². The Morgan fingerprint density at radius 3 is 2.87 bits per heavy atom. The van der Waals surface area contributed by atoms with Gasteiger partial charge in [-0.3, -0.25) is 9.69 Å². The van der Waals surface area contributed by atoms with E-state index in [-0.39, 0.29) is 11.5 Å². The van der Waals surface area contributed by atoms with Crippen LogP contribution < -0.4 is 0 Å². The van der Waals surface area contributed by atoms with Gasteiger partial charge in [0.15, 0.2) is 0 Å². The Bertz CT molecular complexity index is 576. The molecule has 0 saturated carbocycles. The van der Waals surface area contributed by atoms with Crippen molar-refractivity contribution >= 4 is 17.2 Å². The van der Waals surface area contributed by atoms with Crippen LogP contribution in [0.5, 0.6) is 0 Å². The molecule has 4 heterocycles. The van der Waals surface area contributed by atoms with Crippen molar-refractivity contribution < 1.29 is 14.3 Å². The summed E-state index contributed by atoms with van der Waals surface area (Å²) in [6.07, 6.45) is 2.50. The summed E-state index contributed by atoms with van der Waals surface area (Å²) >= 11 is 1.54. The summed E-state index contributed by atoms with van der Waals surface area (Å²) in [6.45, 7) is 8.20. The highest BCUT2D eigenvalue weighted by atomic mass is 32.1. The largest absolute Gasteiger partial charge is 0.379 e. The van der Waals surface area contributed by atoms with E-state index in [1.165, 1.54) is 11.3 Å². The van der Waals surface area contributed by atoms with E-state index < -0.39 is 0 Å². The van der Waals surface area contributed by atoms with Gasteiger partial charge >= 0.3 is 0 Å². The fourth-order valence-electron chi connectivity index (χ4n) is 3.86. The summed E-state index contributed by atoms with van der Waals surface area (Å²) in [6, 6.07) is 2.01. The second kappa shape index (κ2) is 6.16. The molecule has 3 fully saturated rings. The number of amides is 1. The van der Waals surface area contributed by atoms with Gasteiger partial charge in [-0.25, -0.2) is 0 Å². The van der Waals surface area contributed by atoms with Crippen LogP contribution in [0.15, 0.2) is 11.4 Å². The van der Waals surface area contributed by atoms with Crippen LogP contribution in [0.3, 0.4) is 0 Å². The second-order valence-electron chi connectivity index (χ2n) is 6.97. The van der Waals surface area contributed by atoms with Crippen LogP contribution >= 0.6 is 11.3 Å². The van der Waals surface area contributed by atoms with Crippen LogP contribution in [0.1, 0.15) is 28.1 Å². The zero-order valence-electron chi connectivity index (χ0n) is 13.6. The summed E-state index contributed by atoms with van der Waals surface area (Å²) in [5, 5.41) is 1.99. The number of likely N-dealkylation sites (tertiary alicyclic amines) is 1. The molecule has 6 heteroatoms. The van der Waals surface area contributed by atoms with Crippen molar-refractivity contribution in [2.24, 2.45) is 0 Å². The number of hydrogen-bond donors (Lipinski definition) is 0. The SMILES string of the molecule is Cc1ccsc1C(=O)N1CC2(CCC(CN3CCOCC3)O2)C1. The lowest BCUT2D eigenvalue weighted by molar-refractivity contribution is -0.127. The van der Waals surface area contributed by atoms with Crippen molar-refractivity contribution in [1.29, 1.82) is 0 Å². The Labute approximate surface area is 141 Å². The number of nitrogens with zero attached hydrogens (tertiary/aromatic N) is 2. The minimum absolute atomic E-state index is 0.0716. The summed E-state index contributed by atoms with van der Waals surface area (Å²) in [7, 11) is 0. The number of rotatable bonds is 3. The monoisotopic (exact) mass is 336 g/mol. The van der Waals surface area contributed by atoms with Gasteiger partial charge in [0.05, 0.1) is 37.3 Å². The van der Waals surface area contributed by atoms with Crippen molar-refractivity contribution in [2.75, 3.05) is 45.9 Å². The molecule has 3 aliphatic rings. The summed E-state index contributed by atoms with van der Waals surface area (Å²) in [4.78, 5) is 17.8. The average molecular weight is 336 g/mol. The van der Waals surface area contributed by atoms with E-state index in [1.54, 1.807) is 0 Å². The van der Waals surface area contributed by atoms with Crippen LogP contribution in [0.2, 0.25) is 0 Å². The van der Waals surface area contributed by atoms with Gasteiger partial charge in [-0.15, -0.1) is 11.3 Å². The third-order valence-electron chi connectivity index (χ3n) is 5.21. The Hall–Kier alpha value is -0.950. The molecule has 3 saturated heterocycles. The number of morpholine rings is 1. The van der Waals surface area contributed by atoms with Crippen molar-refractivity contribution in [2.45, 2.75) is 31.5 Å². The number of aryl methyl sites for hydroxylation is 1. The summed E-state index contributed by atoms with van der Waals surface area (Å²) in [5.41, 5.74) is 1.01. The first-order valence-electron chi connectivity index (χ1n) is 8.47. The molecule has 4 rings (SSSR count). The van der Waals surface area contributed by atoms with E-state index in [0.717, 1.165) is 69.2 Å². The van der Waals surface area contributed by atoms with Crippen LogP contribution in [0.4, 0.5) is 0 Å². The van der Waals surface area contributed by atoms with Crippen molar-refractivity contribution in [1.82, 2.24) is 9.80 Å². The first kappa shape index (κ1) is 15.6. The van der Waals surface area contributed by atoms with E-state index in [2.05, 4.69) is 4.90 Å². The smallest absolute Gasteiger partial charge is 0.264 e. The maximum atomic E-state index is 12.5. The minimum Gasteiger partial charge on any atom is -0.379 e. The zero-order valence-corrected chi connectivity index (χ0v) is 14.4. The van der Waals surface area contributed by atoms with Crippen LogP contribution in [0, 0.1) is 6.92 Å². The number of carbonyl (C=O) groups is 1. The molecular weight excluding hydrogens is 312 g/mol. The molecule has 0 N–H and O–H groups in total. The van der Waals surface area contributed by atoms with E-state index in [9.17, 15) is 4.79 Å². The molecule has 3 aliphatic heterocycles. The van der Waals surface area contributed by atoms with Gasteiger partial charge in [0.2, 0.25) is 0 Å². The molecule has 1 atom stereocenters. The standard InChI is InChI=1S/C17H24N2O3S/c1-13-3-9-23-15(13)16(20)19-11-17(12-19)4-2-14(22-17)10-18-5-7-21-8-6-18/h3,9,14H,2,4-8,10-12H2,1H3. The molecule has 0 radical (unpaired) electrons. The number of ether oxygens (including phenoxy) is 2. The molecule has 1 aromatic rings. The lowest BCUT2D eigenvalue weighted by Gasteiger charge is -2.47.